The molecular formula is C9H16N2. The zero-order valence-electron chi connectivity index (χ0n) is 7.06. The summed E-state index contributed by atoms with van der Waals surface area (Å²) in [6.07, 6.45) is 6.42. The smallest absolute Gasteiger partial charge is 0.0284 e. The van der Waals surface area contributed by atoms with Gasteiger partial charge in [-0.15, -0.1) is 0 Å². The third-order valence-corrected chi connectivity index (χ3v) is 1.82. The molecule has 0 aromatic rings. The lowest BCUT2D eigenvalue weighted by molar-refractivity contribution is 0.452. The van der Waals surface area contributed by atoms with Crippen molar-refractivity contribution in [3.8, 4) is 0 Å². The highest BCUT2D eigenvalue weighted by molar-refractivity contribution is 5.14. The van der Waals surface area contributed by atoms with Crippen molar-refractivity contribution in [3.05, 3.63) is 24.3 Å². The number of nitrogens with one attached hydrogen (secondary N) is 2. The van der Waals surface area contributed by atoms with Crippen LogP contribution in [0.3, 0.4) is 0 Å². The van der Waals surface area contributed by atoms with Crippen LogP contribution in [0.4, 0.5) is 0 Å². The minimum atomic E-state index is 0.534. The van der Waals surface area contributed by atoms with Crippen LogP contribution in [0, 0.1) is 0 Å². The standard InChI is InChI=1S/C9H16N2/c1-8-4-3-7-10-11-9(2)6-5-8/h3-4,9-11H,1,5-7H2,2H3/b4-3-. The Balaban J connectivity index is 2.42. The molecule has 1 aliphatic heterocycles. The Morgan fingerprint density at radius 3 is 3.27 bits per heavy atom. The van der Waals surface area contributed by atoms with Crippen LogP contribution in [0.5, 0.6) is 0 Å². The predicted molar refractivity (Wildman–Crippen MR) is 48.1 cm³/mol. The van der Waals surface area contributed by atoms with Crippen LogP contribution in [-0.2, 0) is 0 Å². The summed E-state index contributed by atoms with van der Waals surface area (Å²) in [5, 5.41) is 0. The summed E-state index contributed by atoms with van der Waals surface area (Å²) >= 11 is 0. The molecule has 0 fully saturated rings. The topological polar surface area (TPSA) is 24.1 Å². The fourth-order valence-corrected chi connectivity index (χ4v) is 1.08. The van der Waals surface area contributed by atoms with Gasteiger partial charge in [-0.05, 0) is 19.8 Å². The fourth-order valence-electron chi connectivity index (χ4n) is 1.08. The van der Waals surface area contributed by atoms with Gasteiger partial charge in [-0.2, -0.15) is 0 Å². The van der Waals surface area contributed by atoms with Gasteiger partial charge >= 0.3 is 0 Å². The van der Waals surface area contributed by atoms with Crippen LogP contribution in [0.15, 0.2) is 24.3 Å². The predicted octanol–water partition coefficient (Wildman–Crippen LogP) is 1.38. The van der Waals surface area contributed by atoms with Gasteiger partial charge in [-0.3, -0.25) is 10.9 Å². The van der Waals surface area contributed by atoms with E-state index in [0.29, 0.717) is 6.04 Å². The van der Waals surface area contributed by atoms with Crippen molar-refractivity contribution >= 4 is 0 Å². The second-order valence-electron chi connectivity index (χ2n) is 3.03. The Bertz CT molecular complexity index is 161. The van der Waals surface area contributed by atoms with Crippen molar-refractivity contribution in [2.45, 2.75) is 25.8 Å². The molecule has 0 radical (unpaired) electrons. The van der Waals surface area contributed by atoms with Crippen LogP contribution in [0.2, 0.25) is 0 Å². The molecule has 0 saturated carbocycles. The molecule has 1 rings (SSSR count). The summed E-state index contributed by atoms with van der Waals surface area (Å²) in [4.78, 5) is 0. The highest BCUT2D eigenvalue weighted by Crippen LogP contribution is 2.07. The van der Waals surface area contributed by atoms with Crippen molar-refractivity contribution in [2.24, 2.45) is 0 Å². The Morgan fingerprint density at radius 2 is 2.45 bits per heavy atom. The first kappa shape index (κ1) is 8.50. The molecule has 1 aliphatic rings. The van der Waals surface area contributed by atoms with Gasteiger partial charge in [-0.1, -0.05) is 24.3 Å². The van der Waals surface area contributed by atoms with E-state index in [4.69, 9.17) is 0 Å². The van der Waals surface area contributed by atoms with E-state index in [-0.39, 0.29) is 0 Å². The molecule has 0 aromatic heterocycles. The molecular weight excluding hydrogens is 136 g/mol. The van der Waals surface area contributed by atoms with Crippen molar-refractivity contribution in [1.82, 2.24) is 10.9 Å². The minimum Gasteiger partial charge on any atom is -0.255 e. The average molecular weight is 152 g/mol. The van der Waals surface area contributed by atoms with Crippen LogP contribution in [0.25, 0.3) is 0 Å². The average Bonchev–Trinajstić information content (AvgIpc) is 2.06. The molecule has 0 aromatic carbocycles. The van der Waals surface area contributed by atoms with Gasteiger partial charge in [0, 0.05) is 12.6 Å². The first-order valence-electron chi connectivity index (χ1n) is 4.12. The zero-order valence-corrected chi connectivity index (χ0v) is 7.06. The van der Waals surface area contributed by atoms with Crippen molar-refractivity contribution in [1.29, 1.82) is 0 Å². The summed E-state index contributed by atoms with van der Waals surface area (Å²) < 4.78 is 0. The lowest BCUT2D eigenvalue weighted by Crippen LogP contribution is -2.38. The molecule has 1 atom stereocenters. The van der Waals surface area contributed by atoms with Gasteiger partial charge in [0.1, 0.15) is 0 Å². The molecule has 1 unspecified atom stereocenters. The van der Waals surface area contributed by atoms with Gasteiger partial charge in [0.25, 0.3) is 0 Å². The largest absolute Gasteiger partial charge is 0.255 e. The third-order valence-electron chi connectivity index (χ3n) is 1.82. The lowest BCUT2D eigenvalue weighted by atomic mass is 10.1. The van der Waals surface area contributed by atoms with E-state index >= 15 is 0 Å². The number of allylic oxidation sites excluding steroid dienone is 2. The minimum absolute atomic E-state index is 0.534. The molecule has 0 aliphatic carbocycles. The van der Waals surface area contributed by atoms with E-state index in [0.717, 1.165) is 19.4 Å². The lowest BCUT2D eigenvalue weighted by Gasteiger charge is -2.11. The second kappa shape index (κ2) is 4.31. The third kappa shape index (κ3) is 3.35. The molecule has 0 spiro atoms. The van der Waals surface area contributed by atoms with E-state index in [1.807, 2.05) is 0 Å². The summed E-state index contributed by atoms with van der Waals surface area (Å²) in [5.41, 5.74) is 7.55. The van der Waals surface area contributed by atoms with E-state index in [9.17, 15) is 0 Å². The molecule has 1 heterocycles. The molecule has 62 valence electrons. The maximum atomic E-state index is 3.95. The monoisotopic (exact) mass is 152 g/mol. The number of hydrogen-bond donors (Lipinski definition) is 2. The van der Waals surface area contributed by atoms with Crippen LogP contribution >= 0.6 is 0 Å². The number of hydrazine groups is 1. The van der Waals surface area contributed by atoms with Gasteiger partial charge < -0.3 is 0 Å². The number of rotatable bonds is 0. The molecule has 11 heavy (non-hydrogen) atoms. The molecule has 2 heteroatoms. The summed E-state index contributed by atoms with van der Waals surface area (Å²) in [7, 11) is 0. The van der Waals surface area contributed by atoms with E-state index < -0.39 is 0 Å². The van der Waals surface area contributed by atoms with Crippen molar-refractivity contribution < 1.29 is 0 Å². The van der Waals surface area contributed by atoms with E-state index in [1.165, 1.54) is 5.57 Å². The number of hydrogen-bond acceptors (Lipinski definition) is 2. The van der Waals surface area contributed by atoms with E-state index in [1.54, 1.807) is 0 Å². The quantitative estimate of drug-likeness (QED) is 0.548. The molecule has 0 amide bonds. The van der Waals surface area contributed by atoms with E-state index in [2.05, 4.69) is 36.5 Å². The maximum absolute atomic E-state index is 3.95. The SMILES string of the molecule is C=C1/C=C\CNNC(C)CC1. The fraction of sp³-hybridized carbons (Fsp3) is 0.556. The van der Waals surface area contributed by atoms with Gasteiger partial charge in [0.05, 0.1) is 0 Å². The second-order valence-corrected chi connectivity index (χ2v) is 3.03. The Morgan fingerprint density at radius 1 is 1.64 bits per heavy atom. The summed E-state index contributed by atoms with van der Waals surface area (Å²) in [6.45, 7) is 7.00. The summed E-state index contributed by atoms with van der Waals surface area (Å²) in [6, 6.07) is 0.534. The Hall–Kier alpha value is -0.600. The maximum Gasteiger partial charge on any atom is 0.0284 e. The van der Waals surface area contributed by atoms with Gasteiger partial charge in [0.15, 0.2) is 0 Å². The van der Waals surface area contributed by atoms with Gasteiger partial charge in [-0.25, -0.2) is 0 Å². The first-order valence-corrected chi connectivity index (χ1v) is 4.12. The highest BCUT2D eigenvalue weighted by atomic mass is 15.4. The normalized spacial score (nSPS) is 30.3. The Labute approximate surface area is 68.3 Å². The van der Waals surface area contributed by atoms with Crippen LogP contribution < -0.4 is 10.9 Å². The van der Waals surface area contributed by atoms with Crippen molar-refractivity contribution in [2.75, 3.05) is 6.54 Å². The Kier molecular flexibility index (Phi) is 3.33. The molecule has 0 saturated heterocycles. The van der Waals surface area contributed by atoms with Gasteiger partial charge in [0.2, 0.25) is 0 Å². The summed E-state index contributed by atoms with van der Waals surface area (Å²) in [5.74, 6) is 0. The molecule has 0 bridgehead atoms. The molecule has 2 nitrogen and oxygen atoms in total. The highest BCUT2D eigenvalue weighted by Gasteiger charge is 2.01. The molecule has 2 N–H and O–H groups in total. The first-order chi connectivity index (χ1) is 5.29. The van der Waals surface area contributed by atoms with Crippen molar-refractivity contribution in [3.63, 3.8) is 0 Å². The van der Waals surface area contributed by atoms with Crippen LogP contribution in [-0.4, -0.2) is 12.6 Å². The van der Waals surface area contributed by atoms with Crippen LogP contribution in [0.1, 0.15) is 19.8 Å². The zero-order chi connectivity index (χ0) is 8.10.